The molecule has 2 aromatic rings. The standard InChI is InChI=1S/C28H37BN2O3.ClH/c1-27(2)21-16-24(27)28(3)25(17-21)33-29(34-28)22(14-19-10-6-4-7-11-19)18-31-26(32)23(30)15-20-12-8-5-9-13-20;/h4-13,21-25H,14-18,30H2,1-3H3,(H,31,32);1H/t21-,22?,23+,24-,25+,28-;/m1./s1. The maximum atomic E-state index is 12.9. The molecule has 4 N–H and O–H groups in total. The summed E-state index contributed by atoms with van der Waals surface area (Å²) < 4.78 is 13.4. The quantitative estimate of drug-likeness (QED) is 0.516. The molecule has 0 spiro atoms. The summed E-state index contributed by atoms with van der Waals surface area (Å²) in [6.45, 7) is 7.53. The molecule has 2 aromatic carbocycles. The van der Waals surface area contributed by atoms with Gasteiger partial charge in [-0.25, -0.2) is 0 Å². The first-order valence-corrected chi connectivity index (χ1v) is 12.8. The fourth-order valence-electron chi connectivity index (χ4n) is 6.65. The van der Waals surface area contributed by atoms with E-state index >= 15 is 0 Å². The molecule has 1 heterocycles. The van der Waals surface area contributed by atoms with E-state index in [9.17, 15) is 4.79 Å². The molecule has 1 amide bonds. The van der Waals surface area contributed by atoms with Gasteiger partial charge in [-0.3, -0.25) is 4.79 Å². The van der Waals surface area contributed by atoms with Crippen LogP contribution in [-0.2, 0) is 26.9 Å². The monoisotopic (exact) mass is 496 g/mol. The largest absolute Gasteiger partial charge is 1.00 e. The van der Waals surface area contributed by atoms with E-state index in [2.05, 4.69) is 56.1 Å². The van der Waals surface area contributed by atoms with Crippen LogP contribution >= 0.6 is 0 Å². The molecule has 1 aliphatic heterocycles. The Morgan fingerprint density at radius 1 is 1.03 bits per heavy atom. The summed E-state index contributed by atoms with van der Waals surface area (Å²) in [6, 6.07) is 20.2. The molecular formula is C28H38BClN2O3. The van der Waals surface area contributed by atoms with Crippen LogP contribution in [0.3, 0.4) is 0 Å². The third kappa shape index (κ3) is 5.04. The molecule has 2 bridgehead atoms. The predicted molar refractivity (Wildman–Crippen MR) is 134 cm³/mol. The number of benzene rings is 2. The number of nitrogens with one attached hydrogen (secondary N) is 1. The van der Waals surface area contributed by atoms with Crippen molar-refractivity contribution in [1.82, 2.24) is 5.32 Å². The Morgan fingerprint density at radius 2 is 1.63 bits per heavy atom. The number of hydrogen-bond donors (Lipinski definition) is 2. The third-order valence-electron chi connectivity index (χ3n) is 8.93. The highest BCUT2D eigenvalue weighted by Crippen LogP contribution is 2.66. The number of carbonyl (C=O) groups is 1. The first-order chi connectivity index (χ1) is 16.3. The summed E-state index contributed by atoms with van der Waals surface area (Å²) >= 11 is 0. The lowest BCUT2D eigenvalue weighted by molar-refractivity contribution is -0.403. The van der Waals surface area contributed by atoms with Gasteiger partial charge in [-0.1, -0.05) is 74.5 Å². The molecule has 188 valence electrons. The molecule has 3 saturated carbocycles. The number of amides is 1. The van der Waals surface area contributed by atoms with Gasteiger partial charge >= 0.3 is 7.12 Å². The highest BCUT2D eigenvalue weighted by molar-refractivity contribution is 6.47. The fourth-order valence-corrected chi connectivity index (χ4v) is 6.65. The summed E-state index contributed by atoms with van der Waals surface area (Å²) in [6.07, 6.45) is 3.87. The summed E-state index contributed by atoms with van der Waals surface area (Å²) in [5, 5.41) is 3.17. The Bertz CT molecular complexity index is 1010. The molecule has 0 aromatic heterocycles. The van der Waals surface area contributed by atoms with E-state index in [-0.39, 0.29) is 49.0 Å². The molecular weight excluding hydrogens is 459 g/mol. The van der Waals surface area contributed by atoms with Crippen LogP contribution in [0.25, 0.3) is 0 Å². The van der Waals surface area contributed by atoms with E-state index in [0.717, 1.165) is 24.3 Å². The molecule has 3 aliphatic carbocycles. The van der Waals surface area contributed by atoms with Crippen molar-refractivity contribution in [3.8, 4) is 0 Å². The lowest BCUT2D eigenvalue weighted by Crippen LogP contribution is -3.00. The Morgan fingerprint density at radius 3 is 2.23 bits per heavy atom. The normalized spacial score (nSPS) is 29.8. The Hall–Kier alpha value is -1.86. The van der Waals surface area contributed by atoms with Gasteiger partial charge in [0.2, 0.25) is 0 Å². The average molecular weight is 497 g/mol. The second-order valence-corrected chi connectivity index (χ2v) is 11.4. The van der Waals surface area contributed by atoms with E-state index in [1.807, 2.05) is 36.4 Å². The van der Waals surface area contributed by atoms with E-state index < -0.39 is 0 Å². The van der Waals surface area contributed by atoms with Crippen LogP contribution in [0, 0.1) is 17.3 Å². The minimum Gasteiger partial charge on any atom is -1.00 e. The number of hydrogen-bond acceptors (Lipinski definition) is 3. The summed E-state index contributed by atoms with van der Waals surface area (Å²) in [7, 11) is -0.317. The predicted octanol–water partition coefficient (Wildman–Crippen LogP) is 0.301. The topological polar surface area (TPSA) is 75.2 Å². The van der Waals surface area contributed by atoms with Crippen LogP contribution in [0.2, 0.25) is 5.82 Å². The van der Waals surface area contributed by atoms with E-state index in [4.69, 9.17) is 9.31 Å². The Balaban J connectivity index is 0.00000289. The van der Waals surface area contributed by atoms with Crippen LogP contribution in [0.5, 0.6) is 0 Å². The van der Waals surface area contributed by atoms with Gasteiger partial charge in [0.15, 0.2) is 6.04 Å². The Kier molecular flexibility index (Phi) is 7.68. The zero-order valence-corrected chi connectivity index (χ0v) is 21.8. The minimum atomic E-state index is -0.335. The zero-order valence-electron chi connectivity index (χ0n) is 21.1. The lowest BCUT2D eigenvalue weighted by atomic mass is 9.43. The number of quaternary nitrogens is 1. The van der Waals surface area contributed by atoms with Crippen molar-refractivity contribution in [3.63, 3.8) is 0 Å². The zero-order chi connectivity index (χ0) is 23.9. The minimum absolute atomic E-state index is 0. The van der Waals surface area contributed by atoms with Gasteiger partial charge in [0, 0.05) is 18.8 Å². The van der Waals surface area contributed by atoms with Gasteiger partial charge in [0.1, 0.15) is 0 Å². The average Bonchev–Trinajstić information content (AvgIpc) is 3.19. The lowest BCUT2D eigenvalue weighted by Gasteiger charge is -2.64. The first kappa shape index (κ1) is 26.2. The number of rotatable bonds is 8. The summed E-state index contributed by atoms with van der Waals surface area (Å²) in [4.78, 5) is 12.9. The van der Waals surface area contributed by atoms with Crippen LogP contribution < -0.4 is 23.5 Å². The van der Waals surface area contributed by atoms with E-state index in [1.165, 1.54) is 12.0 Å². The van der Waals surface area contributed by atoms with Crippen LogP contribution in [0.15, 0.2) is 60.7 Å². The third-order valence-corrected chi connectivity index (χ3v) is 8.93. The van der Waals surface area contributed by atoms with Gasteiger partial charge < -0.3 is 32.8 Å². The van der Waals surface area contributed by atoms with E-state index in [1.54, 1.807) is 0 Å². The fraction of sp³-hybridized carbons (Fsp3) is 0.536. The van der Waals surface area contributed by atoms with Crippen molar-refractivity contribution < 1.29 is 32.2 Å². The molecule has 35 heavy (non-hydrogen) atoms. The molecule has 5 nitrogen and oxygen atoms in total. The molecule has 6 rings (SSSR count). The van der Waals surface area contributed by atoms with Crippen molar-refractivity contribution in [2.75, 3.05) is 6.54 Å². The highest BCUT2D eigenvalue weighted by atomic mass is 35.5. The van der Waals surface area contributed by atoms with Crippen LogP contribution in [-0.4, -0.2) is 37.3 Å². The molecule has 0 radical (unpaired) electrons. The van der Waals surface area contributed by atoms with Crippen molar-refractivity contribution >= 4 is 13.0 Å². The van der Waals surface area contributed by atoms with Gasteiger partial charge in [-0.2, -0.15) is 0 Å². The van der Waals surface area contributed by atoms with Gasteiger partial charge in [-0.05, 0) is 54.6 Å². The molecule has 4 fully saturated rings. The van der Waals surface area contributed by atoms with Gasteiger partial charge in [0.25, 0.3) is 5.91 Å². The molecule has 1 saturated heterocycles. The SMILES string of the molecule is CC1(C)[C@H]2C[C@@H]3OB(C(CNC(=O)[C@@H]([NH3+])Cc4ccccc4)Cc4ccccc4)O[C@]3(C)[C@@H]1C2.[Cl-]. The molecule has 1 unspecified atom stereocenters. The highest BCUT2D eigenvalue weighted by Gasteiger charge is 2.68. The molecule has 6 atom stereocenters. The van der Waals surface area contributed by atoms with Crippen LogP contribution in [0.1, 0.15) is 44.7 Å². The molecule has 7 heteroatoms. The summed E-state index contributed by atoms with van der Waals surface area (Å²) in [5.74, 6) is 1.26. The van der Waals surface area contributed by atoms with Crippen molar-refractivity contribution in [1.29, 1.82) is 0 Å². The van der Waals surface area contributed by atoms with Crippen molar-refractivity contribution in [2.45, 2.75) is 70.0 Å². The number of halogens is 1. The second kappa shape index (κ2) is 10.3. The maximum Gasteiger partial charge on any atom is 0.463 e. The second-order valence-electron chi connectivity index (χ2n) is 11.4. The number of carbonyl (C=O) groups excluding carboxylic acids is 1. The first-order valence-electron chi connectivity index (χ1n) is 12.8. The summed E-state index contributed by atoms with van der Waals surface area (Å²) in [5.41, 5.74) is 6.54. The van der Waals surface area contributed by atoms with E-state index in [0.29, 0.717) is 24.3 Å². The Labute approximate surface area is 216 Å². The van der Waals surface area contributed by atoms with Gasteiger partial charge in [-0.15, -0.1) is 0 Å². The van der Waals surface area contributed by atoms with Gasteiger partial charge in [0.05, 0.1) is 11.7 Å². The maximum absolute atomic E-state index is 12.9. The molecule has 4 aliphatic rings. The van der Waals surface area contributed by atoms with Crippen molar-refractivity contribution in [2.24, 2.45) is 17.3 Å². The van der Waals surface area contributed by atoms with Crippen LogP contribution in [0.4, 0.5) is 0 Å². The smallest absolute Gasteiger partial charge is 0.463 e. The van der Waals surface area contributed by atoms with Crippen molar-refractivity contribution in [3.05, 3.63) is 71.8 Å².